The molecule has 1 heterocycles. The van der Waals surface area contributed by atoms with Gasteiger partial charge in [-0.1, -0.05) is 0 Å². The lowest BCUT2D eigenvalue weighted by Crippen LogP contribution is -2.30. The molecule has 2 aromatic rings. The van der Waals surface area contributed by atoms with Crippen LogP contribution < -0.4 is 9.62 Å². The summed E-state index contributed by atoms with van der Waals surface area (Å²) in [6, 6.07) is 7.57. The van der Waals surface area contributed by atoms with Gasteiger partial charge in [0.15, 0.2) is 0 Å². The Hall–Kier alpha value is -2.15. The van der Waals surface area contributed by atoms with Crippen LogP contribution >= 0.6 is 0 Å². The lowest BCUT2D eigenvalue weighted by atomic mass is 10.1. The number of rotatable bonds is 4. The monoisotopic (exact) mass is 366 g/mol. The van der Waals surface area contributed by atoms with Crippen molar-refractivity contribution in [1.82, 2.24) is 0 Å². The minimum atomic E-state index is -3.95. The molecular weight excluding hydrogens is 346 g/mol. The molecular formula is C18H20F2N2O2S. The van der Waals surface area contributed by atoms with Crippen LogP contribution in [0.4, 0.5) is 20.2 Å². The minimum Gasteiger partial charge on any atom is -0.370 e. The van der Waals surface area contributed by atoms with Crippen LogP contribution in [0.2, 0.25) is 0 Å². The highest BCUT2D eigenvalue weighted by Gasteiger charge is 2.22. The third kappa shape index (κ3) is 3.92. The third-order valence-electron chi connectivity index (χ3n) is 4.33. The predicted octanol–water partition coefficient (Wildman–Crippen LogP) is 4.06. The van der Waals surface area contributed by atoms with E-state index in [9.17, 15) is 17.2 Å². The number of hydrogen-bond donors (Lipinski definition) is 1. The smallest absolute Gasteiger partial charge is 0.262 e. The summed E-state index contributed by atoms with van der Waals surface area (Å²) >= 11 is 0. The number of piperidine rings is 1. The maximum Gasteiger partial charge on any atom is 0.262 e. The number of halogens is 2. The Labute approximate surface area is 146 Å². The van der Waals surface area contributed by atoms with Crippen LogP contribution in [0.25, 0.3) is 0 Å². The average Bonchev–Trinajstić information content (AvgIpc) is 2.55. The fraction of sp³-hybridized carbons (Fsp3) is 0.333. The molecule has 0 spiro atoms. The number of nitrogens with one attached hydrogen (secondary N) is 1. The Balaban J connectivity index is 1.97. The second-order valence-corrected chi connectivity index (χ2v) is 7.88. The zero-order valence-electron chi connectivity index (χ0n) is 13.9. The van der Waals surface area contributed by atoms with Crippen LogP contribution in [0.5, 0.6) is 0 Å². The summed E-state index contributed by atoms with van der Waals surface area (Å²) in [5, 5.41) is 0. The van der Waals surface area contributed by atoms with Crippen molar-refractivity contribution in [3.63, 3.8) is 0 Å². The van der Waals surface area contributed by atoms with Crippen LogP contribution in [0, 0.1) is 18.6 Å². The molecule has 0 aromatic heterocycles. The molecule has 0 radical (unpaired) electrons. The lowest BCUT2D eigenvalue weighted by molar-refractivity contribution is 0.577. The molecule has 4 nitrogen and oxygen atoms in total. The summed E-state index contributed by atoms with van der Waals surface area (Å²) in [4.78, 5) is 2.03. The predicted molar refractivity (Wildman–Crippen MR) is 94.4 cm³/mol. The van der Waals surface area contributed by atoms with Crippen LogP contribution in [0.3, 0.4) is 0 Å². The molecule has 0 aliphatic carbocycles. The standard InChI is InChI=1S/C18H20F2N2O2S/c1-13-11-14(19)6-8-18(13)25(23,24)21-16-12-15(20)5-7-17(16)22-9-3-2-4-10-22/h5-8,11-12,21H,2-4,9-10H2,1H3. The van der Waals surface area contributed by atoms with Gasteiger partial charge in [-0.25, -0.2) is 17.2 Å². The summed E-state index contributed by atoms with van der Waals surface area (Å²) in [6.45, 7) is 3.13. The van der Waals surface area contributed by atoms with Crippen molar-refractivity contribution in [2.75, 3.05) is 22.7 Å². The fourth-order valence-corrected chi connectivity index (χ4v) is 4.41. The molecule has 0 atom stereocenters. The lowest BCUT2D eigenvalue weighted by Gasteiger charge is -2.30. The number of aryl methyl sites for hydroxylation is 1. The first-order valence-electron chi connectivity index (χ1n) is 8.20. The first kappa shape index (κ1) is 17.7. The van der Waals surface area contributed by atoms with Gasteiger partial charge in [-0.3, -0.25) is 4.72 Å². The molecule has 0 bridgehead atoms. The topological polar surface area (TPSA) is 49.4 Å². The summed E-state index contributed by atoms with van der Waals surface area (Å²) in [6.07, 6.45) is 3.16. The van der Waals surface area contributed by atoms with Gasteiger partial charge in [0.05, 0.1) is 16.3 Å². The summed E-state index contributed by atoms with van der Waals surface area (Å²) < 4.78 is 54.9. The van der Waals surface area contributed by atoms with E-state index in [1.807, 2.05) is 0 Å². The van der Waals surface area contributed by atoms with E-state index >= 15 is 0 Å². The SMILES string of the molecule is Cc1cc(F)ccc1S(=O)(=O)Nc1cc(F)ccc1N1CCCCC1. The Morgan fingerprint density at radius 3 is 2.28 bits per heavy atom. The Kier molecular flexibility index (Phi) is 4.94. The van der Waals surface area contributed by atoms with Crippen molar-refractivity contribution in [3.8, 4) is 0 Å². The molecule has 3 rings (SSSR count). The van der Waals surface area contributed by atoms with E-state index in [1.54, 1.807) is 6.07 Å². The number of nitrogens with zero attached hydrogens (tertiary/aromatic N) is 1. The Morgan fingerprint density at radius 1 is 0.960 bits per heavy atom. The number of hydrogen-bond acceptors (Lipinski definition) is 3. The van der Waals surface area contributed by atoms with E-state index in [-0.39, 0.29) is 10.6 Å². The molecule has 1 saturated heterocycles. The first-order chi connectivity index (χ1) is 11.9. The highest BCUT2D eigenvalue weighted by atomic mass is 32.2. The molecule has 134 valence electrons. The normalized spacial score (nSPS) is 15.2. The first-order valence-corrected chi connectivity index (χ1v) is 9.68. The van der Waals surface area contributed by atoms with Gasteiger partial charge in [-0.15, -0.1) is 0 Å². The number of anilines is 2. The van der Waals surface area contributed by atoms with Gasteiger partial charge < -0.3 is 4.90 Å². The van der Waals surface area contributed by atoms with E-state index in [1.165, 1.54) is 25.1 Å². The van der Waals surface area contributed by atoms with Gasteiger partial charge in [0, 0.05) is 19.2 Å². The summed E-state index contributed by atoms with van der Waals surface area (Å²) in [7, 11) is -3.95. The Morgan fingerprint density at radius 2 is 1.60 bits per heavy atom. The zero-order chi connectivity index (χ0) is 18.0. The number of sulfonamides is 1. The van der Waals surface area contributed by atoms with Gasteiger partial charge in [0.2, 0.25) is 0 Å². The quantitative estimate of drug-likeness (QED) is 0.888. The molecule has 1 N–H and O–H groups in total. The summed E-state index contributed by atoms with van der Waals surface area (Å²) in [5.74, 6) is -1.02. The van der Waals surface area contributed by atoms with Gasteiger partial charge in [-0.2, -0.15) is 0 Å². The van der Waals surface area contributed by atoms with E-state index in [2.05, 4.69) is 9.62 Å². The molecule has 0 amide bonds. The van der Waals surface area contributed by atoms with Gasteiger partial charge in [0.25, 0.3) is 10.0 Å². The van der Waals surface area contributed by atoms with Gasteiger partial charge in [-0.05, 0) is 62.1 Å². The minimum absolute atomic E-state index is 0.0252. The molecule has 0 saturated carbocycles. The average molecular weight is 366 g/mol. The van der Waals surface area contributed by atoms with Crippen molar-refractivity contribution in [2.45, 2.75) is 31.1 Å². The molecule has 1 aliphatic heterocycles. The van der Waals surface area contributed by atoms with Crippen molar-refractivity contribution < 1.29 is 17.2 Å². The van der Waals surface area contributed by atoms with Crippen molar-refractivity contribution in [1.29, 1.82) is 0 Å². The largest absolute Gasteiger partial charge is 0.370 e. The molecule has 0 unspecified atom stereocenters. The fourth-order valence-electron chi connectivity index (χ4n) is 3.11. The van der Waals surface area contributed by atoms with E-state index in [0.717, 1.165) is 44.5 Å². The van der Waals surface area contributed by atoms with E-state index in [0.29, 0.717) is 11.3 Å². The highest BCUT2D eigenvalue weighted by Crippen LogP contribution is 2.31. The Bertz CT molecular complexity index is 879. The van der Waals surface area contributed by atoms with Crippen LogP contribution in [0.1, 0.15) is 24.8 Å². The van der Waals surface area contributed by atoms with Crippen molar-refractivity contribution in [2.24, 2.45) is 0 Å². The molecule has 25 heavy (non-hydrogen) atoms. The summed E-state index contributed by atoms with van der Waals surface area (Å²) in [5.41, 5.74) is 1.15. The van der Waals surface area contributed by atoms with E-state index < -0.39 is 21.7 Å². The van der Waals surface area contributed by atoms with Crippen LogP contribution in [0.15, 0.2) is 41.3 Å². The molecule has 1 aliphatic rings. The third-order valence-corrected chi connectivity index (χ3v) is 5.85. The zero-order valence-corrected chi connectivity index (χ0v) is 14.7. The highest BCUT2D eigenvalue weighted by molar-refractivity contribution is 7.92. The second-order valence-electron chi connectivity index (χ2n) is 6.22. The number of benzene rings is 2. The molecule has 1 fully saturated rings. The van der Waals surface area contributed by atoms with Gasteiger partial charge >= 0.3 is 0 Å². The molecule has 7 heteroatoms. The maximum atomic E-state index is 13.7. The van der Waals surface area contributed by atoms with E-state index in [4.69, 9.17) is 0 Å². The van der Waals surface area contributed by atoms with Crippen molar-refractivity contribution in [3.05, 3.63) is 53.6 Å². The van der Waals surface area contributed by atoms with Crippen molar-refractivity contribution >= 4 is 21.4 Å². The van der Waals surface area contributed by atoms with Crippen LogP contribution in [-0.2, 0) is 10.0 Å². The maximum absolute atomic E-state index is 13.7. The van der Waals surface area contributed by atoms with Gasteiger partial charge in [0.1, 0.15) is 11.6 Å². The molecule has 2 aromatic carbocycles. The van der Waals surface area contributed by atoms with Crippen LogP contribution in [-0.4, -0.2) is 21.5 Å². The second kappa shape index (κ2) is 7.00.